The van der Waals surface area contributed by atoms with Crippen molar-refractivity contribution in [2.24, 2.45) is 23.2 Å². The molecule has 1 N–H and O–H groups in total. The first kappa shape index (κ1) is 14.3. The molecule has 0 atom stereocenters. The van der Waals surface area contributed by atoms with E-state index < -0.39 is 0 Å². The van der Waals surface area contributed by atoms with Gasteiger partial charge in [-0.05, 0) is 97.1 Å². The van der Waals surface area contributed by atoms with Crippen molar-refractivity contribution in [2.45, 2.75) is 38.5 Å². The number of benzene rings is 1. The predicted octanol–water partition coefficient (Wildman–Crippen LogP) is 5.10. The fraction of sp³-hybridized carbons (Fsp3) is 0.588. The molecule has 4 aliphatic rings. The molecule has 0 aliphatic heterocycles. The summed E-state index contributed by atoms with van der Waals surface area (Å²) >= 11 is 8.49. The topological polar surface area (TPSA) is 29.1 Å². The predicted molar refractivity (Wildman–Crippen MR) is 93.4 cm³/mol. The number of hydrogen-bond acceptors (Lipinski definition) is 1. The lowest BCUT2D eigenvalue weighted by molar-refractivity contribution is -0.140. The molecule has 4 heteroatoms. The summed E-state index contributed by atoms with van der Waals surface area (Å²) in [6.07, 6.45) is 7.34. The van der Waals surface area contributed by atoms with E-state index in [2.05, 4.69) is 27.9 Å². The van der Waals surface area contributed by atoms with Crippen LogP contribution in [0.4, 0.5) is 5.69 Å². The lowest BCUT2D eigenvalue weighted by Crippen LogP contribution is -2.51. The van der Waals surface area contributed by atoms with Gasteiger partial charge in [0.2, 0.25) is 5.91 Å². The molecule has 1 amide bonds. The quantitative estimate of drug-likeness (QED) is 0.669. The molecule has 4 aliphatic carbocycles. The number of nitrogens with one attached hydrogen (secondary N) is 1. The molecule has 0 heterocycles. The Morgan fingerprint density at radius 3 is 2.24 bits per heavy atom. The first-order valence-corrected chi connectivity index (χ1v) is 9.26. The Morgan fingerprint density at radius 1 is 1.14 bits per heavy atom. The van der Waals surface area contributed by atoms with Crippen LogP contribution in [0.15, 0.2) is 18.2 Å². The largest absolute Gasteiger partial charge is 0.324 e. The Morgan fingerprint density at radius 2 is 1.71 bits per heavy atom. The number of anilines is 1. The number of amides is 1. The van der Waals surface area contributed by atoms with Crippen LogP contribution in [0.1, 0.15) is 38.5 Å². The highest BCUT2D eigenvalue weighted by Gasteiger charge is 2.54. The van der Waals surface area contributed by atoms with Gasteiger partial charge in [-0.1, -0.05) is 11.6 Å². The van der Waals surface area contributed by atoms with Gasteiger partial charge in [-0.2, -0.15) is 0 Å². The van der Waals surface area contributed by atoms with Gasteiger partial charge in [0, 0.05) is 3.57 Å². The van der Waals surface area contributed by atoms with E-state index in [1.165, 1.54) is 19.3 Å². The first-order valence-electron chi connectivity index (χ1n) is 7.81. The normalized spacial score (nSPS) is 36.8. The highest BCUT2D eigenvalue weighted by Crippen LogP contribution is 2.60. The van der Waals surface area contributed by atoms with E-state index in [1.807, 2.05) is 18.2 Å². The zero-order valence-corrected chi connectivity index (χ0v) is 14.8. The second-order valence-corrected chi connectivity index (χ2v) is 8.93. The number of halogens is 2. The molecule has 4 bridgehead atoms. The Balaban J connectivity index is 1.57. The maximum absolute atomic E-state index is 12.9. The molecule has 4 fully saturated rings. The van der Waals surface area contributed by atoms with E-state index in [4.69, 9.17) is 11.6 Å². The van der Waals surface area contributed by atoms with E-state index in [-0.39, 0.29) is 11.3 Å². The maximum atomic E-state index is 12.9. The van der Waals surface area contributed by atoms with E-state index in [0.29, 0.717) is 5.02 Å². The van der Waals surface area contributed by atoms with Crippen molar-refractivity contribution in [3.63, 3.8) is 0 Å². The molecule has 1 aromatic rings. The smallest absolute Gasteiger partial charge is 0.230 e. The molecule has 4 saturated carbocycles. The highest BCUT2D eigenvalue weighted by atomic mass is 127. The standard InChI is InChI=1S/C17H19ClINO/c18-14-6-13(19)1-2-15(14)20-16(21)17-7-10-3-11(8-17)5-12(4-10)9-17/h1-2,6,10-12H,3-5,7-9H2,(H,20,21). The van der Waals surface area contributed by atoms with Crippen molar-refractivity contribution in [3.05, 3.63) is 26.8 Å². The minimum absolute atomic E-state index is 0.110. The number of carbonyl (C=O) groups is 1. The van der Waals surface area contributed by atoms with Crippen LogP contribution < -0.4 is 5.32 Å². The van der Waals surface area contributed by atoms with Crippen molar-refractivity contribution in [2.75, 3.05) is 5.32 Å². The summed E-state index contributed by atoms with van der Waals surface area (Å²) in [5.41, 5.74) is 0.652. The summed E-state index contributed by atoms with van der Waals surface area (Å²) in [6.45, 7) is 0. The SMILES string of the molecule is O=C(Nc1ccc(I)cc1Cl)C12CC3CC(CC(C3)C1)C2. The van der Waals surface area contributed by atoms with Crippen molar-refractivity contribution in [1.82, 2.24) is 0 Å². The molecular formula is C17H19ClINO. The average molecular weight is 416 g/mol. The Kier molecular flexibility index (Phi) is 3.49. The Hall–Kier alpha value is -0.290. The number of hydrogen-bond donors (Lipinski definition) is 1. The molecule has 21 heavy (non-hydrogen) atoms. The third-order valence-electron chi connectivity index (χ3n) is 5.70. The van der Waals surface area contributed by atoms with Gasteiger partial charge < -0.3 is 5.32 Å². The fourth-order valence-electron chi connectivity index (χ4n) is 5.23. The zero-order chi connectivity index (χ0) is 14.6. The van der Waals surface area contributed by atoms with E-state index in [9.17, 15) is 4.79 Å². The summed E-state index contributed by atoms with van der Waals surface area (Å²) in [7, 11) is 0. The molecule has 1 aromatic carbocycles. The lowest BCUT2D eigenvalue weighted by Gasteiger charge is -2.55. The van der Waals surface area contributed by atoms with Gasteiger partial charge >= 0.3 is 0 Å². The van der Waals surface area contributed by atoms with Gasteiger partial charge in [0.25, 0.3) is 0 Å². The van der Waals surface area contributed by atoms with Crippen molar-refractivity contribution >= 4 is 45.8 Å². The highest BCUT2D eigenvalue weighted by molar-refractivity contribution is 14.1. The second kappa shape index (κ2) is 5.12. The van der Waals surface area contributed by atoms with Gasteiger partial charge in [0.1, 0.15) is 0 Å². The molecule has 0 unspecified atom stereocenters. The minimum atomic E-state index is -0.110. The fourth-order valence-corrected chi connectivity index (χ4v) is 6.14. The van der Waals surface area contributed by atoms with Crippen LogP contribution in [0, 0.1) is 26.7 Å². The summed E-state index contributed by atoms with van der Waals surface area (Å²) in [5.74, 6) is 2.57. The van der Waals surface area contributed by atoms with Gasteiger partial charge in [-0.15, -0.1) is 0 Å². The minimum Gasteiger partial charge on any atom is -0.324 e. The Bertz CT molecular complexity index is 565. The first-order chi connectivity index (χ1) is 10.0. The van der Waals surface area contributed by atoms with Crippen LogP contribution in [-0.2, 0) is 4.79 Å². The second-order valence-electron chi connectivity index (χ2n) is 7.28. The molecule has 2 nitrogen and oxygen atoms in total. The van der Waals surface area contributed by atoms with E-state index in [0.717, 1.165) is 46.3 Å². The van der Waals surface area contributed by atoms with Gasteiger partial charge in [-0.25, -0.2) is 0 Å². The maximum Gasteiger partial charge on any atom is 0.230 e. The molecule has 0 aromatic heterocycles. The molecule has 0 spiro atoms. The lowest BCUT2D eigenvalue weighted by atomic mass is 9.49. The van der Waals surface area contributed by atoms with Crippen molar-refractivity contribution in [3.8, 4) is 0 Å². The molecule has 0 radical (unpaired) electrons. The molecule has 0 saturated heterocycles. The molecule has 5 rings (SSSR count). The van der Waals surface area contributed by atoms with Gasteiger partial charge in [0.05, 0.1) is 16.1 Å². The number of rotatable bonds is 2. The Labute approximate surface area is 144 Å². The summed E-state index contributed by atoms with van der Waals surface area (Å²) in [5, 5.41) is 3.76. The summed E-state index contributed by atoms with van der Waals surface area (Å²) in [4.78, 5) is 12.9. The average Bonchev–Trinajstić information content (AvgIpc) is 2.40. The van der Waals surface area contributed by atoms with Crippen LogP contribution in [-0.4, -0.2) is 5.91 Å². The van der Waals surface area contributed by atoms with Crippen LogP contribution in [0.5, 0.6) is 0 Å². The van der Waals surface area contributed by atoms with Crippen LogP contribution >= 0.6 is 34.2 Å². The third kappa shape index (κ3) is 2.50. The van der Waals surface area contributed by atoms with E-state index >= 15 is 0 Å². The summed E-state index contributed by atoms with van der Waals surface area (Å²) < 4.78 is 1.09. The van der Waals surface area contributed by atoms with Crippen molar-refractivity contribution < 1.29 is 4.79 Å². The number of carbonyl (C=O) groups excluding carboxylic acids is 1. The van der Waals surface area contributed by atoms with Crippen LogP contribution in [0.3, 0.4) is 0 Å². The summed E-state index contributed by atoms with van der Waals surface area (Å²) in [6, 6.07) is 5.81. The monoisotopic (exact) mass is 415 g/mol. The van der Waals surface area contributed by atoms with Crippen molar-refractivity contribution in [1.29, 1.82) is 0 Å². The van der Waals surface area contributed by atoms with E-state index in [1.54, 1.807) is 0 Å². The molecule has 112 valence electrons. The van der Waals surface area contributed by atoms with Gasteiger partial charge in [0.15, 0.2) is 0 Å². The van der Waals surface area contributed by atoms with Crippen LogP contribution in [0.2, 0.25) is 5.02 Å². The molecular weight excluding hydrogens is 397 g/mol. The van der Waals surface area contributed by atoms with Crippen LogP contribution in [0.25, 0.3) is 0 Å². The zero-order valence-electron chi connectivity index (χ0n) is 11.9. The third-order valence-corrected chi connectivity index (χ3v) is 6.68. The van der Waals surface area contributed by atoms with Gasteiger partial charge in [-0.3, -0.25) is 4.79 Å².